The molecule has 0 radical (unpaired) electrons. The second kappa shape index (κ2) is 9.15. The Balaban J connectivity index is 1.25. The fourth-order valence-electron chi connectivity index (χ4n) is 3.54. The van der Waals surface area contributed by atoms with Crippen LogP contribution in [0.1, 0.15) is 23.0 Å². The SMILES string of the molecule is CC(=O)c1ccc(-c2ccc(/C=C3/SC(=O)N(CC(=O)Nc4ccc5c(c4)OCO5)C3=O)o2)cc1. The molecule has 10 heteroatoms. The Morgan fingerprint density at radius 3 is 2.57 bits per heavy atom. The van der Waals surface area contributed by atoms with Crippen LogP contribution in [0.2, 0.25) is 0 Å². The molecular formula is C25H18N2O7S. The molecule has 3 amide bonds. The van der Waals surface area contributed by atoms with Crippen molar-refractivity contribution >= 4 is 46.4 Å². The van der Waals surface area contributed by atoms with Crippen molar-refractivity contribution in [2.75, 3.05) is 18.7 Å². The molecule has 1 aromatic heterocycles. The highest BCUT2D eigenvalue weighted by molar-refractivity contribution is 8.18. The van der Waals surface area contributed by atoms with Crippen LogP contribution in [0.3, 0.4) is 0 Å². The standard InChI is InChI=1S/C25H18N2O7S/c1-14(28)15-2-4-16(5-3-15)19-9-7-18(34-19)11-22-24(30)27(25(31)35-22)12-23(29)26-17-6-8-20-21(10-17)33-13-32-20/h2-11H,12-13H2,1H3,(H,26,29)/b22-11+. The molecule has 2 aliphatic heterocycles. The number of furan rings is 1. The average molecular weight is 490 g/mol. The number of imide groups is 1. The lowest BCUT2D eigenvalue weighted by atomic mass is 10.1. The summed E-state index contributed by atoms with van der Waals surface area (Å²) in [7, 11) is 0. The topological polar surface area (TPSA) is 115 Å². The number of hydrogen-bond acceptors (Lipinski definition) is 8. The van der Waals surface area contributed by atoms with Crippen molar-refractivity contribution in [2.45, 2.75) is 6.92 Å². The van der Waals surface area contributed by atoms with Gasteiger partial charge in [0, 0.05) is 29.0 Å². The zero-order chi connectivity index (χ0) is 24.5. The molecule has 176 valence electrons. The molecule has 5 rings (SSSR count). The number of nitrogens with one attached hydrogen (secondary N) is 1. The van der Waals surface area contributed by atoms with E-state index in [1.165, 1.54) is 13.0 Å². The first kappa shape index (κ1) is 22.5. The third-order valence-electron chi connectivity index (χ3n) is 5.31. The molecule has 0 unspecified atom stereocenters. The zero-order valence-electron chi connectivity index (χ0n) is 18.4. The Kier molecular flexibility index (Phi) is 5.87. The third kappa shape index (κ3) is 4.69. The van der Waals surface area contributed by atoms with Gasteiger partial charge in [0.05, 0.1) is 4.91 Å². The van der Waals surface area contributed by atoms with Gasteiger partial charge in [0.1, 0.15) is 18.1 Å². The number of rotatable bonds is 6. The molecule has 0 saturated carbocycles. The number of carbonyl (C=O) groups excluding carboxylic acids is 4. The van der Waals surface area contributed by atoms with E-state index in [0.717, 1.165) is 22.2 Å². The van der Waals surface area contributed by atoms with E-state index < -0.39 is 23.6 Å². The molecule has 0 atom stereocenters. The van der Waals surface area contributed by atoms with Crippen molar-refractivity contribution in [3.8, 4) is 22.8 Å². The predicted octanol–water partition coefficient (Wildman–Crippen LogP) is 4.55. The van der Waals surface area contributed by atoms with E-state index in [2.05, 4.69) is 5.32 Å². The molecule has 1 N–H and O–H groups in total. The summed E-state index contributed by atoms with van der Waals surface area (Å²) in [5, 5.41) is 2.10. The number of benzene rings is 2. The summed E-state index contributed by atoms with van der Waals surface area (Å²) in [6.07, 6.45) is 1.47. The Morgan fingerprint density at radius 2 is 1.80 bits per heavy atom. The number of ether oxygens (including phenoxy) is 2. The largest absolute Gasteiger partial charge is 0.457 e. The van der Waals surface area contributed by atoms with Gasteiger partial charge in [-0.1, -0.05) is 24.3 Å². The van der Waals surface area contributed by atoms with E-state index in [0.29, 0.717) is 34.3 Å². The quantitative estimate of drug-likeness (QED) is 0.395. The number of thioether (sulfide) groups is 1. The van der Waals surface area contributed by atoms with Gasteiger partial charge in [-0.25, -0.2) is 0 Å². The first-order chi connectivity index (χ1) is 16.9. The average Bonchev–Trinajstić information content (AvgIpc) is 3.56. The Bertz CT molecular complexity index is 1390. The molecule has 0 bridgehead atoms. The van der Waals surface area contributed by atoms with Gasteiger partial charge in [-0.3, -0.25) is 24.1 Å². The second-order valence-electron chi connectivity index (χ2n) is 7.72. The maximum absolute atomic E-state index is 12.8. The van der Waals surface area contributed by atoms with Gasteiger partial charge in [-0.2, -0.15) is 0 Å². The van der Waals surface area contributed by atoms with Crippen LogP contribution in [0, 0.1) is 0 Å². The minimum Gasteiger partial charge on any atom is -0.457 e. The molecule has 9 nitrogen and oxygen atoms in total. The highest BCUT2D eigenvalue weighted by atomic mass is 32.2. The van der Waals surface area contributed by atoms with Crippen LogP contribution in [-0.4, -0.2) is 41.1 Å². The van der Waals surface area contributed by atoms with Gasteiger partial charge in [-0.15, -0.1) is 0 Å². The first-order valence-corrected chi connectivity index (χ1v) is 11.3. The number of ketones is 1. The van der Waals surface area contributed by atoms with Gasteiger partial charge in [0.15, 0.2) is 17.3 Å². The molecule has 35 heavy (non-hydrogen) atoms. The zero-order valence-corrected chi connectivity index (χ0v) is 19.2. The van der Waals surface area contributed by atoms with Crippen molar-refractivity contribution < 1.29 is 33.1 Å². The number of hydrogen-bond donors (Lipinski definition) is 1. The molecule has 1 fully saturated rings. The van der Waals surface area contributed by atoms with Gasteiger partial charge in [-0.05, 0) is 43.0 Å². The van der Waals surface area contributed by atoms with E-state index in [4.69, 9.17) is 13.9 Å². The number of Topliss-reactive ketones (excluding diaryl/α,β-unsaturated/α-hetero) is 1. The van der Waals surface area contributed by atoms with E-state index in [9.17, 15) is 19.2 Å². The van der Waals surface area contributed by atoms with Crippen molar-refractivity contribution in [1.82, 2.24) is 4.90 Å². The predicted molar refractivity (Wildman–Crippen MR) is 128 cm³/mol. The second-order valence-corrected chi connectivity index (χ2v) is 8.71. The molecule has 2 aromatic carbocycles. The number of amides is 3. The minimum atomic E-state index is -0.579. The Morgan fingerprint density at radius 1 is 1.03 bits per heavy atom. The van der Waals surface area contributed by atoms with Gasteiger partial charge in [0.2, 0.25) is 12.7 Å². The summed E-state index contributed by atoms with van der Waals surface area (Å²) in [5.74, 6) is 0.876. The summed E-state index contributed by atoms with van der Waals surface area (Å²) in [6.45, 7) is 1.18. The maximum Gasteiger partial charge on any atom is 0.294 e. The molecule has 2 aliphatic rings. The van der Waals surface area contributed by atoms with Crippen LogP contribution < -0.4 is 14.8 Å². The van der Waals surface area contributed by atoms with E-state index in [1.807, 2.05) is 0 Å². The van der Waals surface area contributed by atoms with Crippen LogP contribution in [0.5, 0.6) is 11.5 Å². The third-order valence-corrected chi connectivity index (χ3v) is 6.22. The van der Waals surface area contributed by atoms with Crippen LogP contribution in [-0.2, 0) is 9.59 Å². The summed E-state index contributed by atoms with van der Waals surface area (Å²) >= 11 is 0.736. The summed E-state index contributed by atoms with van der Waals surface area (Å²) in [4.78, 5) is 50.1. The molecule has 3 aromatic rings. The maximum atomic E-state index is 12.8. The summed E-state index contributed by atoms with van der Waals surface area (Å²) in [6, 6.07) is 15.3. The Hall–Kier alpha value is -4.31. The number of fused-ring (bicyclic) bond motifs is 1. The first-order valence-electron chi connectivity index (χ1n) is 10.5. The summed E-state index contributed by atoms with van der Waals surface area (Å²) < 4.78 is 16.3. The molecule has 3 heterocycles. The number of nitrogens with zero attached hydrogens (tertiary/aromatic N) is 1. The lowest BCUT2D eigenvalue weighted by molar-refractivity contribution is -0.127. The monoisotopic (exact) mass is 490 g/mol. The normalized spacial score (nSPS) is 15.7. The summed E-state index contributed by atoms with van der Waals surface area (Å²) in [5.41, 5.74) is 1.82. The van der Waals surface area contributed by atoms with Crippen molar-refractivity contribution in [2.24, 2.45) is 0 Å². The van der Waals surface area contributed by atoms with Crippen LogP contribution >= 0.6 is 11.8 Å². The minimum absolute atomic E-state index is 0.0306. The fraction of sp³-hybridized carbons (Fsp3) is 0.120. The van der Waals surface area contributed by atoms with E-state index >= 15 is 0 Å². The molecule has 0 spiro atoms. The molecule has 0 aliphatic carbocycles. The van der Waals surface area contributed by atoms with Gasteiger partial charge >= 0.3 is 0 Å². The lowest BCUT2D eigenvalue weighted by Gasteiger charge is -2.12. The van der Waals surface area contributed by atoms with Crippen molar-refractivity contribution in [1.29, 1.82) is 0 Å². The number of anilines is 1. The number of carbonyl (C=O) groups is 4. The van der Waals surface area contributed by atoms with Crippen LogP contribution in [0.4, 0.5) is 10.5 Å². The van der Waals surface area contributed by atoms with Crippen molar-refractivity contribution in [3.05, 3.63) is 70.8 Å². The highest BCUT2D eigenvalue weighted by Crippen LogP contribution is 2.35. The van der Waals surface area contributed by atoms with Gasteiger partial charge in [0.25, 0.3) is 11.1 Å². The van der Waals surface area contributed by atoms with Crippen molar-refractivity contribution in [3.63, 3.8) is 0 Å². The fourth-order valence-corrected chi connectivity index (χ4v) is 4.36. The Labute approximate surface area is 203 Å². The van der Waals surface area contributed by atoms with Gasteiger partial charge < -0.3 is 19.2 Å². The smallest absolute Gasteiger partial charge is 0.294 e. The highest BCUT2D eigenvalue weighted by Gasteiger charge is 2.36. The van der Waals surface area contributed by atoms with Crippen LogP contribution in [0.25, 0.3) is 17.4 Å². The van der Waals surface area contributed by atoms with E-state index in [1.54, 1.807) is 54.6 Å². The lowest BCUT2D eigenvalue weighted by Crippen LogP contribution is -2.36. The van der Waals surface area contributed by atoms with E-state index in [-0.39, 0.29) is 17.5 Å². The molecular weight excluding hydrogens is 472 g/mol. The van der Waals surface area contributed by atoms with Crippen LogP contribution in [0.15, 0.2) is 63.9 Å². The molecule has 1 saturated heterocycles.